The number of aliphatic hydroxyl groups is 6. The third-order valence-electron chi connectivity index (χ3n) is 4.14. The molecular formula is C12H24N2O9. The van der Waals surface area contributed by atoms with Crippen molar-refractivity contribution in [2.45, 2.75) is 61.3 Å². The van der Waals surface area contributed by atoms with Crippen LogP contribution in [0.25, 0.3) is 0 Å². The van der Waals surface area contributed by atoms with Crippen molar-refractivity contribution >= 4 is 0 Å². The number of rotatable bonds is 4. The van der Waals surface area contributed by atoms with Gasteiger partial charge in [-0.1, -0.05) is 0 Å². The minimum absolute atomic E-state index is 0.581. The molecular weight excluding hydrogens is 316 g/mol. The lowest BCUT2D eigenvalue weighted by Crippen LogP contribution is -2.67. The molecule has 0 saturated carbocycles. The van der Waals surface area contributed by atoms with Gasteiger partial charge in [-0.25, -0.2) is 0 Å². The van der Waals surface area contributed by atoms with Crippen LogP contribution in [-0.2, 0) is 14.2 Å². The van der Waals surface area contributed by atoms with Gasteiger partial charge >= 0.3 is 0 Å². The highest BCUT2D eigenvalue weighted by Crippen LogP contribution is 2.27. The Bertz CT molecular complexity index is 386. The van der Waals surface area contributed by atoms with E-state index in [0.29, 0.717) is 0 Å². The van der Waals surface area contributed by atoms with Crippen LogP contribution in [0.15, 0.2) is 0 Å². The molecule has 0 spiro atoms. The van der Waals surface area contributed by atoms with Crippen LogP contribution in [0.2, 0.25) is 0 Å². The predicted molar refractivity (Wildman–Crippen MR) is 72.6 cm³/mol. The molecule has 5 unspecified atom stereocenters. The highest BCUT2D eigenvalue weighted by molar-refractivity contribution is 4.95. The van der Waals surface area contributed by atoms with Crippen LogP contribution >= 0.6 is 0 Å². The molecule has 136 valence electrons. The Kier molecular flexibility index (Phi) is 6.27. The summed E-state index contributed by atoms with van der Waals surface area (Å²) in [7, 11) is 0. The Hall–Kier alpha value is -0.440. The lowest BCUT2D eigenvalue weighted by atomic mass is 9.95. The van der Waals surface area contributed by atoms with Gasteiger partial charge in [0.2, 0.25) is 0 Å². The number of aliphatic hydroxyl groups excluding tert-OH is 6. The van der Waals surface area contributed by atoms with Gasteiger partial charge < -0.3 is 56.3 Å². The average Bonchev–Trinajstić information content (AvgIpc) is 2.55. The highest BCUT2D eigenvalue weighted by Gasteiger charge is 2.49. The molecule has 0 aromatic heterocycles. The first-order chi connectivity index (χ1) is 10.8. The van der Waals surface area contributed by atoms with E-state index in [9.17, 15) is 25.5 Å². The van der Waals surface area contributed by atoms with Crippen LogP contribution in [0.4, 0.5) is 0 Å². The maximum Gasteiger partial charge on any atom is 0.176 e. The first kappa shape index (κ1) is 18.9. The van der Waals surface area contributed by atoms with E-state index in [4.69, 9.17) is 30.8 Å². The van der Waals surface area contributed by atoms with Crippen LogP contribution in [0, 0.1) is 0 Å². The van der Waals surface area contributed by atoms with Gasteiger partial charge in [-0.05, 0) is 0 Å². The molecule has 2 rings (SSSR count). The summed E-state index contributed by atoms with van der Waals surface area (Å²) in [5, 5.41) is 57.7. The molecule has 0 aliphatic carbocycles. The number of nitrogens with two attached hydrogens (primary N) is 2. The molecule has 2 fully saturated rings. The van der Waals surface area contributed by atoms with Gasteiger partial charge in [0.25, 0.3) is 0 Å². The first-order valence-corrected chi connectivity index (χ1v) is 7.23. The molecule has 0 aromatic rings. The second-order valence-electron chi connectivity index (χ2n) is 5.70. The summed E-state index contributed by atoms with van der Waals surface area (Å²) in [6, 6.07) is -2.37. The molecule has 0 radical (unpaired) electrons. The number of ether oxygens (including phenoxy) is 3. The SMILES string of the molecule is NC1[C@H](O[C@H]2C(CO)OC(O)C(N)[C@H]2O)OC(CO)[C@H](O)[C@@H]1O. The topological polar surface area (TPSA) is 201 Å². The van der Waals surface area contributed by atoms with E-state index in [0.717, 1.165) is 0 Å². The maximum atomic E-state index is 10.1. The quantitative estimate of drug-likeness (QED) is 0.242. The largest absolute Gasteiger partial charge is 0.394 e. The van der Waals surface area contributed by atoms with Crippen LogP contribution in [0.1, 0.15) is 0 Å². The smallest absolute Gasteiger partial charge is 0.176 e. The number of hydrogen-bond donors (Lipinski definition) is 8. The van der Waals surface area contributed by atoms with Crippen LogP contribution < -0.4 is 11.5 Å². The Labute approximate surface area is 132 Å². The van der Waals surface area contributed by atoms with Gasteiger partial charge in [0.1, 0.15) is 36.6 Å². The molecule has 0 aromatic carbocycles. The van der Waals surface area contributed by atoms with Crippen LogP contribution in [-0.4, -0.2) is 105 Å². The Morgan fingerprint density at radius 3 is 1.96 bits per heavy atom. The molecule has 0 amide bonds. The lowest BCUT2D eigenvalue weighted by molar-refractivity contribution is -0.324. The summed E-state index contributed by atoms with van der Waals surface area (Å²) in [5.74, 6) is 0. The summed E-state index contributed by atoms with van der Waals surface area (Å²) < 4.78 is 15.8. The highest BCUT2D eigenvalue weighted by atomic mass is 16.7. The number of hydrogen-bond acceptors (Lipinski definition) is 11. The van der Waals surface area contributed by atoms with E-state index in [2.05, 4.69) is 0 Å². The van der Waals surface area contributed by atoms with Gasteiger partial charge in [-0.2, -0.15) is 0 Å². The summed E-state index contributed by atoms with van der Waals surface area (Å²) in [6.07, 6.45) is -10.5. The minimum Gasteiger partial charge on any atom is -0.394 e. The Balaban J connectivity index is 2.11. The second kappa shape index (κ2) is 7.63. The molecule has 10 atom stereocenters. The van der Waals surface area contributed by atoms with Crippen molar-refractivity contribution in [3.63, 3.8) is 0 Å². The molecule has 11 heteroatoms. The summed E-state index contributed by atoms with van der Waals surface area (Å²) >= 11 is 0. The van der Waals surface area contributed by atoms with Crippen molar-refractivity contribution in [2.75, 3.05) is 13.2 Å². The minimum atomic E-state index is -1.49. The predicted octanol–water partition coefficient (Wildman–Crippen LogP) is -5.46. The Morgan fingerprint density at radius 1 is 0.783 bits per heavy atom. The van der Waals surface area contributed by atoms with E-state index in [1.54, 1.807) is 0 Å². The van der Waals surface area contributed by atoms with E-state index >= 15 is 0 Å². The zero-order chi connectivity index (χ0) is 17.3. The normalized spacial score (nSPS) is 51.7. The molecule has 23 heavy (non-hydrogen) atoms. The van der Waals surface area contributed by atoms with E-state index < -0.39 is 74.5 Å². The lowest BCUT2D eigenvalue weighted by Gasteiger charge is -2.45. The molecule has 2 aliphatic rings. The average molecular weight is 340 g/mol. The maximum absolute atomic E-state index is 10.1. The van der Waals surface area contributed by atoms with Gasteiger partial charge in [-0.15, -0.1) is 0 Å². The zero-order valence-electron chi connectivity index (χ0n) is 12.3. The summed E-state index contributed by atoms with van der Waals surface area (Å²) in [4.78, 5) is 0. The molecule has 2 saturated heterocycles. The molecule has 11 nitrogen and oxygen atoms in total. The van der Waals surface area contributed by atoms with Gasteiger partial charge in [0.15, 0.2) is 12.6 Å². The molecule has 2 aliphatic heterocycles. The summed E-state index contributed by atoms with van der Waals surface area (Å²) in [5.41, 5.74) is 11.3. The van der Waals surface area contributed by atoms with Crippen LogP contribution in [0.5, 0.6) is 0 Å². The van der Waals surface area contributed by atoms with E-state index in [1.165, 1.54) is 0 Å². The first-order valence-electron chi connectivity index (χ1n) is 7.23. The molecule has 2 heterocycles. The fourth-order valence-corrected chi connectivity index (χ4v) is 2.65. The van der Waals surface area contributed by atoms with Crippen LogP contribution in [0.3, 0.4) is 0 Å². The fraction of sp³-hybridized carbons (Fsp3) is 1.00. The van der Waals surface area contributed by atoms with Crippen molar-refractivity contribution in [1.82, 2.24) is 0 Å². The van der Waals surface area contributed by atoms with Crippen molar-refractivity contribution in [3.8, 4) is 0 Å². The molecule has 10 N–H and O–H groups in total. The molecule has 0 bridgehead atoms. The second-order valence-corrected chi connectivity index (χ2v) is 5.70. The third-order valence-corrected chi connectivity index (χ3v) is 4.14. The van der Waals surface area contributed by atoms with Gasteiger partial charge in [-0.3, -0.25) is 0 Å². The fourth-order valence-electron chi connectivity index (χ4n) is 2.65. The van der Waals surface area contributed by atoms with Gasteiger partial charge in [0.05, 0.1) is 25.3 Å². The zero-order valence-corrected chi connectivity index (χ0v) is 12.3. The Morgan fingerprint density at radius 2 is 1.39 bits per heavy atom. The van der Waals surface area contributed by atoms with E-state index in [1.807, 2.05) is 0 Å². The third kappa shape index (κ3) is 3.65. The summed E-state index contributed by atoms with van der Waals surface area (Å²) in [6.45, 7) is -1.17. The standard InChI is InChI=1S/C12H24N2O9/c13-5-9(19)10(4(2-16)21-11(5)20)23-12-6(14)8(18)7(17)3(1-15)22-12/h3-12,15-20H,1-2,13-14H2/t3?,4?,5?,6?,7-,8+,9+,10-,11?,12-/m0/s1. The monoisotopic (exact) mass is 340 g/mol. The van der Waals surface area contributed by atoms with E-state index in [-0.39, 0.29) is 0 Å². The van der Waals surface area contributed by atoms with Crippen molar-refractivity contribution in [3.05, 3.63) is 0 Å². The van der Waals surface area contributed by atoms with Crippen molar-refractivity contribution in [2.24, 2.45) is 11.5 Å². The van der Waals surface area contributed by atoms with Crippen molar-refractivity contribution in [1.29, 1.82) is 0 Å². The van der Waals surface area contributed by atoms with Gasteiger partial charge in [0, 0.05) is 0 Å². The van der Waals surface area contributed by atoms with Crippen molar-refractivity contribution < 1.29 is 44.8 Å².